The van der Waals surface area contributed by atoms with E-state index in [1.807, 2.05) is 19.1 Å². The van der Waals surface area contributed by atoms with E-state index in [2.05, 4.69) is 27.4 Å². The highest BCUT2D eigenvalue weighted by atomic mass is 35.5. The van der Waals surface area contributed by atoms with Gasteiger partial charge < -0.3 is 4.74 Å². The van der Waals surface area contributed by atoms with Gasteiger partial charge in [0.2, 0.25) is 0 Å². The fourth-order valence-electron chi connectivity index (χ4n) is 1.43. The predicted octanol–water partition coefficient (Wildman–Crippen LogP) is 4.75. The van der Waals surface area contributed by atoms with E-state index in [-0.39, 0.29) is 5.41 Å². The zero-order valence-corrected chi connectivity index (χ0v) is 11.4. The Hall–Kier alpha value is -1.28. The molecule has 0 radical (unpaired) electrons. The average molecular weight is 253 g/mol. The van der Waals surface area contributed by atoms with Gasteiger partial charge in [-0.1, -0.05) is 39.0 Å². The van der Waals surface area contributed by atoms with Crippen LogP contribution in [0.2, 0.25) is 0 Å². The van der Waals surface area contributed by atoms with Crippen molar-refractivity contribution in [3.63, 3.8) is 0 Å². The summed E-state index contributed by atoms with van der Waals surface area (Å²) < 4.78 is 4.93. The van der Waals surface area contributed by atoms with E-state index >= 15 is 0 Å². The van der Waals surface area contributed by atoms with Gasteiger partial charge in [0.1, 0.15) is 5.75 Å². The van der Waals surface area contributed by atoms with E-state index in [0.29, 0.717) is 5.75 Å². The molecule has 1 aromatic carbocycles. The molecule has 0 spiro atoms. The maximum Gasteiger partial charge on any atom is 0.409 e. The van der Waals surface area contributed by atoms with Gasteiger partial charge in [-0.25, -0.2) is 4.79 Å². The van der Waals surface area contributed by atoms with Crippen LogP contribution >= 0.6 is 11.6 Å². The lowest BCUT2D eigenvalue weighted by molar-refractivity contribution is 0.225. The second-order valence-electron chi connectivity index (χ2n) is 5.12. The summed E-state index contributed by atoms with van der Waals surface area (Å²) in [6, 6.07) is 5.64. The summed E-state index contributed by atoms with van der Waals surface area (Å²) in [5.41, 5.74) is 2.09. The maximum atomic E-state index is 10.8. The van der Waals surface area contributed by atoms with E-state index in [1.54, 1.807) is 6.07 Å². The molecule has 0 saturated heterocycles. The lowest BCUT2D eigenvalue weighted by Crippen LogP contribution is -2.12. The van der Waals surface area contributed by atoms with Crippen molar-refractivity contribution < 1.29 is 9.53 Å². The molecule has 0 heterocycles. The number of hydrogen-bond donors (Lipinski definition) is 0. The Kier molecular flexibility index (Phi) is 3.99. The topological polar surface area (TPSA) is 26.3 Å². The van der Waals surface area contributed by atoms with Gasteiger partial charge >= 0.3 is 5.43 Å². The number of carbonyl (C=O) groups excluding carboxylic acids is 1. The average Bonchev–Trinajstić information content (AvgIpc) is 2.14. The van der Waals surface area contributed by atoms with Crippen molar-refractivity contribution in [1.29, 1.82) is 0 Å². The summed E-state index contributed by atoms with van der Waals surface area (Å²) in [5, 5.41) is 0. The molecule has 0 aromatic heterocycles. The van der Waals surface area contributed by atoms with E-state index in [0.717, 1.165) is 16.7 Å². The molecule has 1 rings (SSSR count). The molecule has 0 unspecified atom stereocenters. The van der Waals surface area contributed by atoms with Gasteiger partial charge in [0.15, 0.2) is 0 Å². The molecule has 17 heavy (non-hydrogen) atoms. The van der Waals surface area contributed by atoms with Crippen molar-refractivity contribution in [3.05, 3.63) is 35.9 Å². The molecule has 92 valence electrons. The number of hydrogen-bond acceptors (Lipinski definition) is 2. The number of carbonyl (C=O) groups is 1. The van der Waals surface area contributed by atoms with Crippen LogP contribution in [0.1, 0.15) is 38.8 Å². The van der Waals surface area contributed by atoms with E-state index in [1.165, 1.54) is 0 Å². The molecule has 0 N–H and O–H groups in total. The molecule has 2 nitrogen and oxygen atoms in total. The van der Waals surface area contributed by atoms with Crippen LogP contribution in [-0.4, -0.2) is 5.43 Å². The summed E-state index contributed by atoms with van der Waals surface area (Å²) in [6.45, 7) is 12.1. The number of allylic oxidation sites excluding steroid dienone is 1. The fraction of sp³-hybridized carbons (Fsp3) is 0.357. The normalized spacial score (nSPS) is 11.1. The third-order valence-electron chi connectivity index (χ3n) is 2.46. The first-order valence-corrected chi connectivity index (χ1v) is 5.76. The molecular weight excluding hydrogens is 236 g/mol. The van der Waals surface area contributed by atoms with Crippen LogP contribution in [0, 0.1) is 0 Å². The highest BCUT2D eigenvalue weighted by Crippen LogP contribution is 2.30. The lowest BCUT2D eigenvalue weighted by Gasteiger charge is -2.21. The van der Waals surface area contributed by atoms with Crippen molar-refractivity contribution >= 4 is 22.6 Å². The molecule has 0 bridgehead atoms. The minimum Gasteiger partial charge on any atom is -0.414 e. The van der Waals surface area contributed by atoms with E-state index < -0.39 is 5.43 Å². The summed E-state index contributed by atoms with van der Waals surface area (Å²) in [7, 11) is 0. The van der Waals surface area contributed by atoms with Gasteiger partial charge in [0.05, 0.1) is 0 Å². The third-order valence-corrected chi connectivity index (χ3v) is 2.54. The van der Waals surface area contributed by atoms with Crippen molar-refractivity contribution in [1.82, 2.24) is 0 Å². The molecule has 1 aromatic rings. The minimum absolute atomic E-state index is 0.0288. The largest absolute Gasteiger partial charge is 0.414 e. The first-order chi connectivity index (χ1) is 7.70. The number of rotatable bonds is 2. The Bertz CT molecular complexity index is 456. The smallest absolute Gasteiger partial charge is 0.409 e. The molecular formula is C14H17ClO2. The van der Waals surface area contributed by atoms with Crippen LogP contribution in [0.4, 0.5) is 4.79 Å². The van der Waals surface area contributed by atoms with E-state index in [4.69, 9.17) is 16.3 Å². The molecule has 0 atom stereocenters. The molecule has 0 aliphatic carbocycles. The summed E-state index contributed by atoms with van der Waals surface area (Å²) in [5.74, 6) is 0.454. The maximum absolute atomic E-state index is 10.8. The van der Waals surface area contributed by atoms with Gasteiger partial charge in [-0.3, -0.25) is 0 Å². The third kappa shape index (κ3) is 3.90. The fourth-order valence-corrected chi connectivity index (χ4v) is 1.52. The number of ether oxygens (including phenoxy) is 1. The van der Waals surface area contributed by atoms with Crippen LogP contribution in [0.5, 0.6) is 5.75 Å². The molecule has 0 aliphatic rings. The van der Waals surface area contributed by atoms with Crippen molar-refractivity contribution in [3.8, 4) is 5.75 Å². The molecule has 0 saturated carbocycles. The Morgan fingerprint density at radius 2 is 1.88 bits per heavy atom. The molecule has 0 fully saturated rings. The second-order valence-corrected chi connectivity index (χ2v) is 5.42. The van der Waals surface area contributed by atoms with Crippen molar-refractivity contribution in [2.24, 2.45) is 0 Å². The van der Waals surface area contributed by atoms with Crippen LogP contribution in [0.3, 0.4) is 0 Å². The van der Waals surface area contributed by atoms with E-state index in [9.17, 15) is 4.79 Å². The van der Waals surface area contributed by atoms with Crippen LogP contribution < -0.4 is 4.74 Å². The summed E-state index contributed by atoms with van der Waals surface area (Å²) in [6.07, 6.45) is 0. The van der Waals surface area contributed by atoms with Crippen LogP contribution in [0.15, 0.2) is 24.8 Å². The molecule has 0 amide bonds. The zero-order chi connectivity index (χ0) is 13.2. The zero-order valence-electron chi connectivity index (χ0n) is 10.6. The van der Waals surface area contributed by atoms with Crippen LogP contribution in [0.25, 0.3) is 5.57 Å². The van der Waals surface area contributed by atoms with Gasteiger partial charge in [-0.15, -0.1) is 0 Å². The number of benzene rings is 1. The minimum atomic E-state index is -0.830. The Morgan fingerprint density at radius 3 is 2.29 bits per heavy atom. The number of halogens is 1. The van der Waals surface area contributed by atoms with Crippen molar-refractivity contribution in [2.75, 3.05) is 0 Å². The van der Waals surface area contributed by atoms with Crippen molar-refractivity contribution in [2.45, 2.75) is 33.1 Å². The predicted molar refractivity (Wildman–Crippen MR) is 71.7 cm³/mol. The Morgan fingerprint density at radius 1 is 1.29 bits per heavy atom. The highest BCUT2D eigenvalue weighted by molar-refractivity contribution is 6.61. The first-order valence-electron chi connectivity index (χ1n) is 5.39. The summed E-state index contributed by atoms with van der Waals surface area (Å²) >= 11 is 5.23. The van der Waals surface area contributed by atoms with Gasteiger partial charge in [-0.2, -0.15) is 0 Å². The molecule has 3 heteroatoms. The summed E-state index contributed by atoms with van der Waals surface area (Å²) in [4.78, 5) is 10.8. The quantitative estimate of drug-likeness (QED) is 0.710. The van der Waals surface area contributed by atoms with Gasteiger partial charge in [0.25, 0.3) is 0 Å². The Labute approximate surface area is 107 Å². The SMILES string of the molecule is C=C(C)c1cc(OC(=O)Cl)cc(C(C)(C)C)c1. The monoisotopic (exact) mass is 252 g/mol. The lowest BCUT2D eigenvalue weighted by atomic mass is 9.85. The van der Waals surface area contributed by atoms with Crippen LogP contribution in [-0.2, 0) is 5.41 Å². The van der Waals surface area contributed by atoms with Gasteiger partial charge in [0, 0.05) is 11.6 Å². The molecule has 0 aliphatic heterocycles. The first kappa shape index (κ1) is 13.8. The standard InChI is InChI=1S/C14H17ClO2/c1-9(2)10-6-11(14(3,4)5)8-12(7-10)17-13(15)16/h6-8H,1H2,2-5H3. The second kappa shape index (κ2) is 4.92. The highest BCUT2D eigenvalue weighted by Gasteiger charge is 2.16. The van der Waals surface area contributed by atoms with Gasteiger partial charge in [-0.05, 0) is 35.6 Å². The Balaban J connectivity index is 3.28.